The van der Waals surface area contributed by atoms with E-state index in [0.717, 1.165) is 22.3 Å². The summed E-state index contributed by atoms with van der Waals surface area (Å²) in [5.41, 5.74) is 3.44. The van der Waals surface area contributed by atoms with E-state index < -0.39 is 0 Å². The van der Waals surface area contributed by atoms with Crippen molar-refractivity contribution in [1.29, 1.82) is 0 Å². The van der Waals surface area contributed by atoms with Crippen LogP contribution in [0.15, 0.2) is 49.2 Å². The monoisotopic (exact) mass is 208 g/mol. The predicted octanol–water partition coefficient (Wildman–Crippen LogP) is 2.09. The summed E-state index contributed by atoms with van der Waals surface area (Å²) in [6, 6.07) is 7.77. The van der Waals surface area contributed by atoms with E-state index in [2.05, 4.69) is 19.9 Å². The Morgan fingerprint density at radius 1 is 0.812 bits per heavy atom. The second kappa shape index (κ2) is 3.66. The third kappa shape index (κ3) is 1.50. The molecular weight excluding hydrogens is 200 g/mol. The van der Waals surface area contributed by atoms with Gasteiger partial charge in [-0.15, -0.1) is 0 Å². The molecule has 0 fully saturated rings. The molecule has 0 radical (unpaired) electrons. The summed E-state index contributed by atoms with van der Waals surface area (Å²) in [4.78, 5) is 16.8. The average molecular weight is 208 g/mol. The molecule has 0 bridgehead atoms. The lowest BCUT2D eigenvalue weighted by Gasteiger charge is -2.00. The summed E-state index contributed by atoms with van der Waals surface area (Å²) in [6.07, 6.45) is 6.69. The topological polar surface area (TPSA) is 51.6 Å². The van der Waals surface area contributed by atoms with E-state index in [9.17, 15) is 0 Å². The molecule has 0 aliphatic heterocycles. The number of hydrogen-bond acceptors (Lipinski definition) is 4. The van der Waals surface area contributed by atoms with Gasteiger partial charge in [0.1, 0.15) is 6.33 Å². The van der Waals surface area contributed by atoms with Crippen molar-refractivity contribution in [1.82, 2.24) is 19.9 Å². The maximum Gasteiger partial charge on any atom is 0.115 e. The normalized spacial score (nSPS) is 10.5. The van der Waals surface area contributed by atoms with Crippen molar-refractivity contribution in [2.24, 2.45) is 0 Å². The molecule has 0 spiro atoms. The Bertz CT molecular complexity index is 622. The average Bonchev–Trinajstić information content (AvgIpc) is 2.39. The van der Waals surface area contributed by atoms with Gasteiger partial charge in [0.05, 0.1) is 22.9 Å². The molecule has 16 heavy (non-hydrogen) atoms. The highest BCUT2D eigenvalue weighted by molar-refractivity contribution is 5.76. The third-order valence-electron chi connectivity index (χ3n) is 2.30. The first kappa shape index (κ1) is 8.91. The zero-order chi connectivity index (χ0) is 10.8. The Morgan fingerprint density at radius 3 is 2.38 bits per heavy atom. The number of hydrogen-bond donors (Lipinski definition) is 0. The van der Waals surface area contributed by atoms with Gasteiger partial charge in [-0.3, -0.25) is 4.98 Å². The maximum atomic E-state index is 4.50. The van der Waals surface area contributed by atoms with Crippen molar-refractivity contribution >= 4 is 11.0 Å². The van der Waals surface area contributed by atoms with E-state index in [0.29, 0.717) is 0 Å². The predicted molar refractivity (Wildman–Crippen MR) is 60.6 cm³/mol. The number of aromatic nitrogens is 4. The minimum atomic E-state index is 0.791. The molecule has 76 valence electrons. The summed E-state index contributed by atoms with van der Waals surface area (Å²) < 4.78 is 0. The highest BCUT2D eigenvalue weighted by atomic mass is 14.8. The van der Waals surface area contributed by atoms with Crippen LogP contribution in [0.2, 0.25) is 0 Å². The summed E-state index contributed by atoms with van der Waals surface area (Å²) in [7, 11) is 0. The van der Waals surface area contributed by atoms with E-state index in [1.807, 2.05) is 24.3 Å². The van der Waals surface area contributed by atoms with Crippen molar-refractivity contribution in [3.63, 3.8) is 0 Å². The Balaban J connectivity index is 2.19. The standard InChI is InChI=1S/C12H8N4/c1-2-4-11-10(3-1)15-7-12(16-11)9-5-13-8-14-6-9/h1-8H. The van der Waals surface area contributed by atoms with Crippen molar-refractivity contribution in [3.05, 3.63) is 49.2 Å². The van der Waals surface area contributed by atoms with Gasteiger partial charge in [0, 0.05) is 18.0 Å². The molecule has 4 heteroatoms. The molecule has 3 aromatic rings. The first-order valence-corrected chi connectivity index (χ1v) is 4.91. The van der Waals surface area contributed by atoms with Crippen LogP contribution in [0.25, 0.3) is 22.3 Å². The van der Waals surface area contributed by atoms with Crippen LogP contribution in [0, 0.1) is 0 Å². The van der Waals surface area contributed by atoms with Crippen molar-refractivity contribution in [3.8, 4) is 11.3 Å². The first-order valence-electron chi connectivity index (χ1n) is 4.91. The molecule has 3 rings (SSSR count). The minimum Gasteiger partial charge on any atom is -0.252 e. The molecule has 1 aromatic carbocycles. The van der Waals surface area contributed by atoms with Crippen LogP contribution < -0.4 is 0 Å². The zero-order valence-electron chi connectivity index (χ0n) is 8.41. The fraction of sp³-hybridized carbons (Fsp3) is 0. The van der Waals surface area contributed by atoms with Gasteiger partial charge in [0.2, 0.25) is 0 Å². The largest absolute Gasteiger partial charge is 0.252 e. The van der Waals surface area contributed by atoms with Crippen molar-refractivity contribution in [2.45, 2.75) is 0 Å². The van der Waals surface area contributed by atoms with E-state index in [1.165, 1.54) is 6.33 Å². The second-order valence-corrected chi connectivity index (χ2v) is 3.37. The van der Waals surface area contributed by atoms with Crippen LogP contribution in [-0.4, -0.2) is 19.9 Å². The molecule has 0 N–H and O–H groups in total. The van der Waals surface area contributed by atoms with Gasteiger partial charge in [-0.05, 0) is 12.1 Å². The molecular formula is C12H8N4. The highest BCUT2D eigenvalue weighted by Gasteiger charge is 2.01. The van der Waals surface area contributed by atoms with E-state index in [4.69, 9.17) is 0 Å². The summed E-state index contributed by atoms with van der Waals surface area (Å²) in [5.74, 6) is 0. The Labute approximate surface area is 92.0 Å². The number of nitrogens with zero attached hydrogens (tertiary/aromatic N) is 4. The summed E-state index contributed by atoms with van der Waals surface area (Å²) in [6.45, 7) is 0. The molecule has 0 atom stereocenters. The van der Waals surface area contributed by atoms with E-state index in [1.54, 1.807) is 18.6 Å². The Kier molecular flexibility index (Phi) is 2.04. The van der Waals surface area contributed by atoms with Gasteiger partial charge < -0.3 is 0 Å². The molecule has 0 aliphatic rings. The lowest BCUT2D eigenvalue weighted by atomic mass is 10.2. The van der Waals surface area contributed by atoms with Crippen LogP contribution >= 0.6 is 0 Å². The molecule has 0 saturated heterocycles. The molecule has 0 aliphatic carbocycles. The zero-order valence-corrected chi connectivity index (χ0v) is 8.41. The van der Waals surface area contributed by atoms with Gasteiger partial charge in [-0.2, -0.15) is 0 Å². The fourth-order valence-electron chi connectivity index (χ4n) is 1.53. The smallest absolute Gasteiger partial charge is 0.115 e. The minimum absolute atomic E-state index is 0.791. The van der Waals surface area contributed by atoms with Crippen LogP contribution in [0.3, 0.4) is 0 Å². The van der Waals surface area contributed by atoms with E-state index in [-0.39, 0.29) is 0 Å². The molecule has 0 amide bonds. The number of fused-ring (bicyclic) bond motifs is 1. The van der Waals surface area contributed by atoms with Crippen molar-refractivity contribution in [2.75, 3.05) is 0 Å². The molecule has 2 aromatic heterocycles. The van der Waals surface area contributed by atoms with Gasteiger partial charge in [0.25, 0.3) is 0 Å². The van der Waals surface area contributed by atoms with Gasteiger partial charge >= 0.3 is 0 Å². The molecule has 4 nitrogen and oxygen atoms in total. The van der Waals surface area contributed by atoms with Gasteiger partial charge in [-0.25, -0.2) is 15.0 Å². The lowest BCUT2D eigenvalue weighted by molar-refractivity contribution is 1.16. The van der Waals surface area contributed by atoms with Crippen LogP contribution in [-0.2, 0) is 0 Å². The first-order chi connectivity index (χ1) is 7.93. The van der Waals surface area contributed by atoms with Crippen LogP contribution in [0.4, 0.5) is 0 Å². The number of benzene rings is 1. The summed E-state index contributed by atoms with van der Waals surface area (Å²) >= 11 is 0. The maximum absolute atomic E-state index is 4.50. The Morgan fingerprint density at radius 2 is 1.56 bits per heavy atom. The van der Waals surface area contributed by atoms with Gasteiger partial charge in [0.15, 0.2) is 0 Å². The molecule has 0 saturated carbocycles. The lowest BCUT2D eigenvalue weighted by Crippen LogP contribution is -1.89. The molecule has 0 unspecified atom stereocenters. The highest BCUT2D eigenvalue weighted by Crippen LogP contribution is 2.16. The Hall–Kier alpha value is -2.36. The van der Waals surface area contributed by atoms with Crippen LogP contribution in [0.1, 0.15) is 0 Å². The van der Waals surface area contributed by atoms with E-state index >= 15 is 0 Å². The van der Waals surface area contributed by atoms with Crippen molar-refractivity contribution < 1.29 is 0 Å². The molecule has 2 heterocycles. The SMILES string of the molecule is c1ccc2nc(-c3cncnc3)cnc2c1. The summed E-state index contributed by atoms with van der Waals surface area (Å²) in [5, 5.41) is 0. The third-order valence-corrected chi connectivity index (χ3v) is 2.30. The number of rotatable bonds is 1. The van der Waals surface area contributed by atoms with Crippen LogP contribution in [0.5, 0.6) is 0 Å². The number of para-hydroxylation sites is 2. The quantitative estimate of drug-likeness (QED) is 0.614. The fourth-order valence-corrected chi connectivity index (χ4v) is 1.53. The second-order valence-electron chi connectivity index (χ2n) is 3.37. The van der Waals surface area contributed by atoms with Gasteiger partial charge in [-0.1, -0.05) is 12.1 Å².